The van der Waals surface area contributed by atoms with Crippen LogP contribution < -0.4 is 5.73 Å². The van der Waals surface area contributed by atoms with Crippen LogP contribution in [0, 0.1) is 23.7 Å². The van der Waals surface area contributed by atoms with Crippen LogP contribution in [-0.4, -0.2) is 17.3 Å². The Hall–Kier alpha value is -0.600. The third kappa shape index (κ3) is 3.73. The molecule has 6 atom stereocenters. The fourth-order valence-electron chi connectivity index (χ4n) is 4.02. The average Bonchev–Trinajstić information content (AvgIpc) is 2.90. The molecule has 0 amide bonds. The minimum Gasteiger partial charge on any atom is -0.392 e. The predicted molar refractivity (Wildman–Crippen MR) is 85.3 cm³/mol. The molecule has 0 radical (unpaired) electrons. The van der Waals surface area contributed by atoms with Gasteiger partial charge in [0.05, 0.1) is 6.10 Å². The Morgan fingerprint density at radius 1 is 1.35 bits per heavy atom. The molecule has 0 saturated heterocycles. The van der Waals surface area contributed by atoms with Gasteiger partial charge in [0.15, 0.2) is 0 Å². The van der Waals surface area contributed by atoms with Gasteiger partial charge in [-0.15, -0.1) is 0 Å². The third-order valence-electron chi connectivity index (χ3n) is 5.25. The van der Waals surface area contributed by atoms with Gasteiger partial charge in [0.2, 0.25) is 0 Å². The summed E-state index contributed by atoms with van der Waals surface area (Å²) in [4.78, 5) is 0. The maximum atomic E-state index is 10.00. The third-order valence-corrected chi connectivity index (χ3v) is 5.25. The number of hydrogen-bond donors (Lipinski definition) is 2. The van der Waals surface area contributed by atoms with Gasteiger partial charge in [0.1, 0.15) is 0 Å². The smallest absolute Gasteiger partial charge is 0.0688 e. The lowest BCUT2D eigenvalue weighted by Gasteiger charge is -2.36. The van der Waals surface area contributed by atoms with Gasteiger partial charge in [-0.3, -0.25) is 0 Å². The minimum absolute atomic E-state index is 0.113. The lowest BCUT2D eigenvalue weighted by molar-refractivity contribution is 0.116. The van der Waals surface area contributed by atoms with Crippen LogP contribution in [0.1, 0.15) is 52.4 Å². The van der Waals surface area contributed by atoms with Crippen molar-refractivity contribution in [3.8, 4) is 0 Å². The number of allylic oxidation sites excluding steroid dienone is 4. The van der Waals surface area contributed by atoms with Crippen molar-refractivity contribution in [2.24, 2.45) is 29.4 Å². The van der Waals surface area contributed by atoms with Gasteiger partial charge in [-0.2, -0.15) is 0 Å². The molecule has 2 heteroatoms. The van der Waals surface area contributed by atoms with Crippen molar-refractivity contribution in [2.75, 3.05) is 0 Å². The Morgan fingerprint density at radius 3 is 2.85 bits per heavy atom. The largest absolute Gasteiger partial charge is 0.392 e. The van der Waals surface area contributed by atoms with E-state index in [9.17, 15) is 5.11 Å². The molecule has 6 unspecified atom stereocenters. The van der Waals surface area contributed by atoms with Crippen molar-refractivity contribution in [1.82, 2.24) is 0 Å². The van der Waals surface area contributed by atoms with E-state index in [-0.39, 0.29) is 12.1 Å². The first-order valence-corrected chi connectivity index (χ1v) is 8.42. The SMILES string of the molecule is CCC=CC1C=CC2CCCC2C1CCC(O)C(C)N. The molecule has 0 aliphatic heterocycles. The van der Waals surface area contributed by atoms with Crippen molar-refractivity contribution in [3.63, 3.8) is 0 Å². The van der Waals surface area contributed by atoms with E-state index >= 15 is 0 Å². The Bertz CT molecular complexity index is 347. The Balaban J connectivity index is 2.03. The van der Waals surface area contributed by atoms with Crippen LogP contribution in [0.25, 0.3) is 0 Å². The van der Waals surface area contributed by atoms with Gasteiger partial charge in [-0.05, 0) is 62.7 Å². The predicted octanol–water partition coefficient (Wildman–Crippen LogP) is 3.66. The zero-order chi connectivity index (χ0) is 14.5. The van der Waals surface area contributed by atoms with Gasteiger partial charge in [-0.1, -0.05) is 37.6 Å². The molecule has 0 spiro atoms. The zero-order valence-electron chi connectivity index (χ0n) is 13.0. The number of nitrogens with two attached hydrogens (primary N) is 1. The second-order valence-electron chi connectivity index (χ2n) is 6.72. The lowest BCUT2D eigenvalue weighted by Crippen LogP contribution is -2.34. The molecule has 0 heterocycles. The van der Waals surface area contributed by atoms with Gasteiger partial charge in [0, 0.05) is 6.04 Å². The number of fused-ring (bicyclic) bond motifs is 1. The van der Waals surface area contributed by atoms with E-state index in [0.29, 0.717) is 11.8 Å². The van der Waals surface area contributed by atoms with E-state index in [1.807, 2.05) is 6.92 Å². The van der Waals surface area contributed by atoms with Crippen molar-refractivity contribution >= 4 is 0 Å². The molecule has 0 bridgehead atoms. The van der Waals surface area contributed by atoms with Gasteiger partial charge < -0.3 is 10.8 Å². The molecule has 0 aromatic rings. The molecular weight excluding hydrogens is 246 g/mol. The molecule has 2 aliphatic rings. The topological polar surface area (TPSA) is 46.2 Å². The molecule has 114 valence electrons. The van der Waals surface area contributed by atoms with Crippen molar-refractivity contribution < 1.29 is 5.11 Å². The van der Waals surface area contributed by atoms with Crippen LogP contribution in [0.3, 0.4) is 0 Å². The van der Waals surface area contributed by atoms with Crippen LogP contribution in [-0.2, 0) is 0 Å². The summed E-state index contributed by atoms with van der Waals surface area (Å²) >= 11 is 0. The number of aliphatic hydroxyl groups excluding tert-OH is 1. The van der Waals surface area contributed by atoms with Crippen LogP contribution in [0.15, 0.2) is 24.3 Å². The summed E-state index contributed by atoms with van der Waals surface area (Å²) in [5.74, 6) is 2.88. The van der Waals surface area contributed by atoms with Crippen LogP contribution in [0.2, 0.25) is 0 Å². The maximum Gasteiger partial charge on any atom is 0.0688 e. The summed E-state index contributed by atoms with van der Waals surface area (Å²) in [5.41, 5.74) is 5.80. The first kappa shape index (κ1) is 15.8. The standard InChI is InChI=1S/C18H31NO/c1-3-4-6-14-9-10-15-7-5-8-16(15)17(14)11-12-18(20)13(2)19/h4,6,9-10,13-18,20H,3,5,7-8,11-12,19H2,1-2H3. The summed E-state index contributed by atoms with van der Waals surface area (Å²) < 4.78 is 0. The second kappa shape index (κ2) is 7.42. The summed E-state index contributed by atoms with van der Waals surface area (Å²) in [5, 5.41) is 10.00. The van der Waals surface area contributed by atoms with Crippen LogP contribution in [0.4, 0.5) is 0 Å². The molecule has 20 heavy (non-hydrogen) atoms. The molecule has 1 saturated carbocycles. The lowest BCUT2D eigenvalue weighted by atomic mass is 9.69. The highest BCUT2D eigenvalue weighted by atomic mass is 16.3. The number of rotatable bonds is 6. The van der Waals surface area contributed by atoms with E-state index < -0.39 is 0 Å². The summed E-state index contributed by atoms with van der Waals surface area (Å²) in [7, 11) is 0. The second-order valence-corrected chi connectivity index (χ2v) is 6.72. The van der Waals surface area contributed by atoms with Gasteiger partial charge in [0.25, 0.3) is 0 Å². The summed E-state index contributed by atoms with van der Waals surface area (Å²) in [6, 6.07) is -0.113. The fraction of sp³-hybridized carbons (Fsp3) is 0.778. The Kier molecular flexibility index (Phi) is 5.86. The van der Waals surface area contributed by atoms with Gasteiger partial charge >= 0.3 is 0 Å². The van der Waals surface area contributed by atoms with Crippen molar-refractivity contribution in [2.45, 2.75) is 64.5 Å². The Labute approximate surface area is 124 Å². The highest BCUT2D eigenvalue weighted by molar-refractivity contribution is 5.13. The van der Waals surface area contributed by atoms with E-state index in [2.05, 4.69) is 31.2 Å². The molecule has 2 aliphatic carbocycles. The van der Waals surface area contributed by atoms with E-state index in [0.717, 1.165) is 31.1 Å². The number of aliphatic hydroxyl groups is 1. The monoisotopic (exact) mass is 277 g/mol. The minimum atomic E-state index is -0.350. The maximum absolute atomic E-state index is 10.00. The molecule has 2 nitrogen and oxygen atoms in total. The Morgan fingerprint density at radius 2 is 2.15 bits per heavy atom. The summed E-state index contributed by atoms with van der Waals surface area (Å²) in [6.07, 6.45) is 16.3. The molecule has 0 aromatic heterocycles. The van der Waals surface area contributed by atoms with E-state index in [1.54, 1.807) is 0 Å². The van der Waals surface area contributed by atoms with Crippen molar-refractivity contribution in [3.05, 3.63) is 24.3 Å². The molecule has 1 fully saturated rings. The highest BCUT2D eigenvalue weighted by Crippen LogP contribution is 2.46. The first-order chi connectivity index (χ1) is 9.63. The first-order valence-electron chi connectivity index (χ1n) is 8.42. The van der Waals surface area contributed by atoms with Crippen LogP contribution >= 0.6 is 0 Å². The average molecular weight is 277 g/mol. The molecule has 3 N–H and O–H groups in total. The highest BCUT2D eigenvalue weighted by Gasteiger charge is 2.37. The molecule has 2 rings (SSSR count). The van der Waals surface area contributed by atoms with Crippen molar-refractivity contribution in [1.29, 1.82) is 0 Å². The normalized spacial score (nSPS) is 36.2. The fourth-order valence-corrected chi connectivity index (χ4v) is 4.02. The van der Waals surface area contributed by atoms with E-state index in [1.165, 1.54) is 19.3 Å². The molecular formula is C18H31NO. The quantitative estimate of drug-likeness (QED) is 0.728. The van der Waals surface area contributed by atoms with Gasteiger partial charge in [-0.25, -0.2) is 0 Å². The summed E-state index contributed by atoms with van der Waals surface area (Å²) in [6.45, 7) is 4.09. The van der Waals surface area contributed by atoms with Crippen LogP contribution in [0.5, 0.6) is 0 Å². The zero-order valence-corrected chi connectivity index (χ0v) is 13.0. The van der Waals surface area contributed by atoms with E-state index in [4.69, 9.17) is 5.73 Å². The number of hydrogen-bond acceptors (Lipinski definition) is 2. The molecule has 0 aromatic carbocycles.